The summed E-state index contributed by atoms with van der Waals surface area (Å²) in [6.45, 7) is 6.01. The second kappa shape index (κ2) is 8.74. The highest BCUT2D eigenvalue weighted by Crippen LogP contribution is 2.35. The highest BCUT2D eigenvalue weighted by molar-refractivity contribution is 6.21. The van der Waals surface area contributed by atoms with Gasteiger partial charge in [0.05, 0.1) is 5.69 Å². The van der Waals surface area contributed by atoms with Crippen LogP contribution in [0.1, 0.15) is 56.2 Å². The maximum atomic E-state index is 13.0. The SMILES string of the molecule is CC(C)c1ccc(N2C(=O)N[C@@H](CCC(=O)N3CC4CC(C3)c3cccc(=O)n3C4)C2=O)cc1. The van der Waals surface area contributed by atoms with Crippen molar-refractivity contribution in [3.05, 3.63) is 64.1 Å². The predicted octanol–water partition coefficient (Wildman–Crippen LogP) is 2.82. The predicted molar refractivity (Wildman–Crippen MR) is 128 cm³/mol. The summed E-state index contributed by atoms with van der Waals surface area (Å²) in [5, 5.41) is 2.74. The number of carbonyl (C=O) groups excluding carboxylic acids is 3. The van der Waals surface area contributed by atoms with Crippen molar-refractivity contribution in [3.63, 3.8) is 0 Å². The van der Waals surface area contributed by atoms with Crippen LogP contribution in [0.2, 0.25) is 0 Å². The van der Waals surface area contributed by atoms with Gasteiger partial charge >= 0.3 is 6.03 Å². The maximum Gasteiger partial charge on any atom is 0.329 e. The van der Waals surface area contributed by atoms with Crippen molar-refractivity contribution in [3.8, 4) is 0 Å². The van der Waals surface area contributed by atoms with Crippen LogP contribution < -0.4 is 15.8 Å². The number of fused-ring (bicyclic) bond motifs is 4. The maximum absolute atomic E-state index is 13.0. The lowest BCUT2D eigenvalue weighted by molar-refractivity contribution is -0.134. The second-order valence-electron chi connectivity index (χ2n) is 9.96. The minimum Gasteiger partial charge on any atom is -0.342 e. The zero-order chi connectivity index (χ0) is 24.0. The van der Waals surface area contributed by atoms with Crippen LogP contribution in [-0.4, -0.2) is 46.4 Å². The van der Waals surface area contributed by atoms with Crippen molar-refractivity contribution in [1.82, 2.24) is 14.8 Å². The van der Waals surface area contributed by atoms with Gasteiger partial charge in [-0.3, -0.25) is 14.4 Å². The molecule has 2 bridgehead atoms. The van der Waals surface area contributed by atoms with Gasteiger partial charge in [-0.25, -0.2) is 9.69 Å². The molecule has 1 aromatic heterocycles. The van der Waals surface area contributed by atoms with Crippen molar-refractivity contribution in [1.29, 1.82) is 0 Å². The Morgan fingerprint density at radius 3 is 2.53 bits per heavy atom. The largest absolute Gasteiger partial charge is 0.342 e. The molecule has 1 N–H and O–H groups in total. The minimum absolute atomic E-state index is 0.0109. The summed E-state index contributed by atoms with van der Waals surface area (Å²) in [5.74, 6) is 0.441. The molecule has 8 nitrogen and oxygen atoms in total. The lowest BCUT2D eigenvalue weighted by atomic mass is 9.83. The van der Waals surface area contributed by atoms with Crippen LogP contribution in [0.3, 0.4) is 0 Å². The molecule has 0 radical (unpaired) electrons. The number of hydrogen-bond donors (Lipinski definition) is 1. The molecule has 0 aliphatic carbocycles. The lowest BCUT2D eigenvalue weighted by Crippen LogP contribution is -2.49. The van der Waals surface area contributed by atoms with Gasteiger partial charge in [-0.2, -0.15) is 0 Å². The third kappa shape index (κ3) is 4.02. The number of amides is 4. The minimum atomic E-state index is -0.704. The molecular weight excluding hydrogens is 432 g/mol. The van der Waals surface area contributed by atoms with Crippen LogP contribution in [0.5, 0.6) is 0 Å². The van der Waals surface area contributed by atoms with E-state index in [2.05, 4.69) is 19.2 Å². The van der Waals surface area contributed by atoms with E-state index in [0.717, 1.165) is 17.7 Å². The Hall–Kier alpha value is -3.42. The van der Waals surface area contributed by atoms with E-state index < -0.39 is 12.1 Å². The van der Waals surface area contributed by atoms with Crippen LogP contribution in [0.4, 0.5) is 10.5 Å². The molecule has 1 aromatic carbocycles. The van der Waals surface area contributed by atoms with E-state index >= 15 is 0 Å². The third-order valence-corrected chi connectivity index (χ3v) is 7.32. The summed E-state index contributed by atoms with van der Waals surface area (Å²) in [4.78, 5) is 53.7. The number of carbonyl (C=O) groups is 3. The lowest BCUT2D eigenvalue weighted by Gasteiger charge is -2.42. The number of rotatable bonds is 5. The highest BCUT2D eigenvalue weighted by atomic mass is 16.2. The van der Waals surface area contributed by atoms with Crippen LogP contribution in [-0.2, 0) is 16.1 Å². The number of likely N-dealkylation sites (tertiary alicyclic amines) is 1. The van der Waals surface area contributed by atoms with Gasteiger partial charge in [0, 0.05) is 43.7 Å². The van der Waals surface area contributed by atoms with Gasteiger partial charge in [-0.15, -0.1) is 0 Å². The van der Waals surface area contributed by atoms with Gasteiger partial charge < -0.3 is 14.8 Å². The summed E-state index contributed by atoms with van der Waals surface area (Å²) >= 11 is 0. The van der Waals surface area contributed by atoms with Crippen LogP contribution >= 0.6 is 0 Å². The standard InChI is InChI=1S/C26H30N4O4/c1-16(2)18-6-8-20(9-7-18)30-25(33)21(27-26(30)34)10-11-23(31)28-13-17-12-19(15-28)22-4-3-5-24(32)29(22)14-17/h3-9,16-17,19,21H,10-15H2,1-2H3,(H,27,34)/t17?,19?,21-/m0/s1. The number of piperidine rings is 1. The molecule has 5 rings (SSSR count). The number of nitrogens with zero attached hydrogens (tertiary/aromatic N) is 3. The van der Waals surface area contributed by atoms with Crippen molar-refractivity contribution < 1.29 is 14.4 Å². The second-order valence-corrected chi connectivity index (χ2v) is 9.96. The number of hydrogen-bond acceptors (Lipinski definition) is 4. The van der Waals surface area contributed by atoms with Gasteiger partial charge in [-0.1, -0.05) is 32.0 Å². The molecule has 8 heteroatoms. The van der Waals surface area contributed by atoms with Crippen LogP contribution in [0.25, 0.3) is 0 Å². The number of imide groups is 1. The highest BCUT2D eigenvalue weighted by Gasteiger charge is 2.40. The van der Waals surface area contributed by atoms with Crippen molar-refractivity contribution in [2.75, 3.05) is 18.0 Å². The molecule has 2 fully saturated rings. The smallest absolute Gasteiger partial charge is 0.329 e. The number of pyridine rings is 1. The molecule has 2 unspecified atom stereocenters. The molecule has 4 amide bonds. The fourth-order valence-electron chi connectivity index (χ4n) is 5.51. The average Bonchev–Trinajstić information content (AvgIpc) is 3.11. The van der Waals surface area contributed by atoms with Gasteiger partial charge in [0.1, 0.15) is 6.04 Å². The van der Waals surface area contributed by atoms with Crippen molar-refractivity contribution >= 4 is 23.5 Å². The van der Waals surface area contributed by atoms with Gasteiger partial charge in [0.2, 0.25) is 5.91 Å². The third-order valence-electron chi connectivity index (χ3n) is 7.32. The Kier molecular flexibility index (Phi) is 5.75. The molecule has 34 heavy (non-hydrogen) atoms. The van der Waals surface area contributed by atoms with E-state index in [4.69, 9.17) is 0 Å². The van der Waals surface area contributed by atoms with E-state index in [1.807, 2.05) is 27.7 Å². The number of anilines is 1. The Labute approximate surface area is 198 Å². The van der Waals surface area contributed by atoms with E-state index in [-0.39, 0.29) is 42.1 Å². The zero-order valence-corrected chi connectivity index (χ0v) is 19.6. The van der Waals surface area contributed by atoms with E-state index in [1.165, 1.54) is 4.90 Å². The number of nitrogens with one attached hydrogen (secondary N) is 1. The zero-order valence-electron chi connectivity index (χ0n) is 19.6. The molecule has 3 aliphatic rings. The Balaban J connectivity index is 1.21. The van der Waals surface area contributed by atoms with Gasteiger partial charge in [0.25, 0.3) is 11.5 Å². The first-order chi connectivity index (χ1) is 16.3. The van der Waals surface area contributed by atoms with Gasteiger partial charge in [-0.05, 0) is 48.4 Å². The molecule has 2 saturated heterocycles. The van der Waals surface area contributed by atoms with E-state index in [1.54, 1.807) is 24.3 Å². The van der Waals surface area contributed by atoms with Crippen LogP contribution in [0.15, 0.2) is 47.3 Å². The Morgan fingerprint density at radius 1 is 1.03 bits per heavy atom. The Morgan fingerprint density at radius 2 is 1.79 bits per heavy atom. The number of benzene rings is 1. The average molecular weight is 463 g/mol. The summed E-state index contributed by atoms with van der Waals surface area (Å²) in [7, 11) is 0. The van der Waals surface area contributed by atoms with Crippen molar-refractivity contribution in [2.45, 2.75) is 57.5 Å². The summed E-state index contributed by atoms with van der Waals surface area (Å²) in [6.07, 6.45) is 1.44. The van der Waals surface area contributed by atoms with Crippen LogP contribution in [0, 0.1) is 5.92 Å². The molecule has 178 valence electrons. The number of urea groups is 1. The van der Waals surface area contributed by atoms with E-state index in [9.17, 15) is 19.2 Å². The summed E-state index contributed by atoms with van der Waals surface area (Å²) in [6, 6.07) is 11.6. The quantitative estimate of drug-likeness (QED) is 0.692. The van der Waals surface area contributed by atoms with E-state index in [0.29, 0.717) is 31.2 Å². The first-order valence-electron chi connectivity index (χ1n) is 12.0. The number of aromatic nitrogens is 1. The molecule has 2 aromatic rings. The molecule has 3 aliphatic heterocycles. The molecular formula is C26H30N4O4. The summed E-state index contributed by atoms with van der Waals surface area (Å²) in [5.41, 5.74) is 2.69. The normalized spacial score (nSPS) is 23.8. The fourth-order valence-corrected chi connectivity index (χ4v) is 5.51. The molecule has 0 spiro atoms. The molecule has 0 saturated carbocycles. The monoisotopic (exact) mass is 462 g/mol. The van der Waals surface area contributed by atoms with Crippen molar-refractivity contribution in [2.24, 2.45) is 5.92 Å². The van der Waals surface area contributed by atoms with Gasteiger partial charge in [0.15, 0.2) is 0 Å². The summed E-state index contributed by atoms with van der Waals surface area (Å²) < 4.78 is 1.84. The first kappa shape index (κ1) is 22.4. The topological polar surface area (TPSA) is 91.7 Å². The molecule has 3 atom stereocenters. The first-order valence-corrected chi connectivity index (χ1v) is 12.0. The fraction of sp³-hybridized carbons (Fsp3) is 0.462. The molecule has 4 heterocycles. The Bertz CT molecular complexity index is 1190.